The molecule has 0 aromatic heterocycles. The number of aliphatic carboxylic acids is 1. The average molecular weight is 514 g/mol. The van der Waals surface area contributed by atoms with Gasteiger partial charge in [0.1, 0.15) is 17.8 Å². The number of carbonyl (C=O) groups is 5. The van der Waals surface area contributed by atoms with Gasteiger partial charge in [0.15, 0.2) is 6.04 Å². The van der Waals surface area contributed by atoms with Gasteiger partial charge in [0, 0.05) is 18.6 Å². The Bertz CT molecular complexity index is 911. The number of benzene rings is 1. The monoisotopic (exact) mass is 513 g/mol. The van der Waals surface area contributed by atoms with Crippen molar-refractivity contribution >= 4 is 42.2 Å². The van der Waals surface area contributed by atoms with E-state index in [2.05, 4.69) is 28.6 Å². The number of hydrogen-bond donors (Lipinski definition) is 9. The molecule has 5 atom stereocenters. The van der Waals surface area contributed by atoms with Crippen molar-refractivity contribution in [3.05, 3.63) is 29.8 Å². The minimum atomic E-state index is -1.61. The molecular weight excluding hydrogens is 482 g/mol. The van der Waals surface area contributed by atoms with Gasteiger partial charge < -0.3 is 42.7 Å². The van der Waals surface area contributed by atoms with Crippen molar-refractivity contribution in [2.24, 2.45) is 11.5 Å². The highest BCUT2D eigenvalue weighted by molar-refractivity contribution is 7.80. The molecule has 0 saturated carbocycles. The first-order valence-electron chi connectivity index (χ1n) is 10.6. The molecule has 1 rings (SSSR count). The number of aliphatic hydroxyl groups is 1. The Morgan fingerprint density at radius 2 is 1.51 bits per heavy atom. The number of hydrogen-bond acceptors (Lipinski definition) is 9. The Morgan fingerprint density at radius 3 is 2.00 bits per heavy atom. The SMILES string of the molecule is CC(O)C(NC(=O)C(CS)NC(=O)C(Cc1ccc(O)cc1)NC(=O)C(N)CCC(N)=O)C(=O)O. The number of rotatable bonds is 14. The van der Waals surface area contributed by atoms with E-state index in [1.54, 1.807) is 0 Å². The smallest absolute Gasteiger partial charge is 0.328 e. The van der Waals surface area contributed by atoms with E-state index >= 15 is 0 Å². The summed E-state index contributed by atoms with van der Waals surface area (Å²) >= 11 is 4.02. The minimum absolute atomic E-state index is 0.00911. The molecule has 4 amide bonds. The van der Waals surface area contributed by atoms with Crippen LogP contribution in [0.4, 0.5) is 0 Å². The summed E-state index contributed by atoms with van der Waals surface area (Å²) in [6, 6.07) is 0.549. The molecule has 0 saturated heterocycles. The summed E-state index contributed by atoms with van der Waals surface area (Å²) in [6.07, 6.45) is -1.64. The maximum atomic E-state index is 13.0. The zero-order valence-electron chi connectivity index (χ0n) is 19.0. The predicted molar refractivity (Wildman–Crippen MR) is 127 cm³/mol. The fraction of sp³-hybridized carbons (Fsp3) is 0.476. The van der Waals surface area contributed by atoms with Crippen LogP contribution in [-0.4, -0.2) is 80.9 Å². The molecule has 0 radical (unpaired) electrons. The number of carboxylic acid groups (broad SMARTS) is 1. The van der Waals surface area contributed by atoms with Crippen LogP contribution in [0.25, 0.3) is 0 Å². The number of carbonyl (C=O) groups excluding carboxylic acids is 4. The van der Waals surface area contributed by atoms with Gasteiger partial charge in [-0.3, -0.25) is 19.2 Å². The first-order valence-corrected chi connectivity index (χ1v) is 11.2. The average Bonchev–Trinajstić information content (AvgIpc) is 2.79. The van der Waals surface area contributed by atoms with Gasteiger partial charge in [-0.25, -0.2) is 4.79 Å². The molecule has 13 nitrogen and oxygen atoms in total. The standard InChI is InChI=1S/C21H31N5O8S/c1-10(27)17(21(33)34)26-20(32)15(9-35)25-19(31)14(8-11-2-4-12(28)5-3-11)24-18(30)13(22)6-7-16(23)29/h2-5,10,13-15,17,27-28,35H,6-9,22H2,1H3,(H2,23,29)(H,24,30)(H,25,31)(H,26,32)(H,33,34). The molecule has 0 bridgehead atoms. The molecule has 0 heterocycles. The highest BCUT2D eigenvalue weighted by Crippen LogP contribution is 2.12. The maximum absolute atomic E-state index is 13.0. The van der Waals surface area contributed by atoms with E-state index in [-0.39, 0.29) is 30.8 Å². The fourth-order valence-corrected chi connectivity index (χ4v) is 3.15. The van der Waals surface area contributed by atoms with Crippen molar-refractivity contribution in [2.75, 3.05) is 5.75 Å². The van der Waals surface area contributed by atoms with Gasteiger partial charge in [0.2, 0.25) is 23.6 Å². The number of thiol groups is 1. The summed E-state index contributed by atoms with van der Waals surface area (Å²) in [5.74, 6) is -4.79. The zero-order valence-corrected chi connectivity index (χ0v) is 19.9. The topological polar surface area (TPSA) is 234 Å². The summed E-state index contributed by atoms with van der Waals surface area (Å²) in [4.78, 5) is 60.2. The highest BCUT2D eigenvalue weighted by Gasteiger charge is 2.31. The molecule has 194 valence electrons. The summed E-state index contributed by atoms with van der Waals surface area (Å²) in [7, 11) is 0. The molecule has 35 heavy (non-hydrogen) atoms. The van der Waals surface area contributed by atoms with Gasteiger partial charge in [-0.15, -0.1) is 0 Å². The van der Waals surface area contributed by atoms with Gasteiger partial charge >= 0.3 is 5.97 Å². The van der Waals surface area contributed by atoms with E-state index in [4.69, 9.17) is 16.6 Å². The number of primary amides is 1. The van der Waals surface area contributed by atoms with E-state index in [1.165, 1.54) is 31.2 Å². The van der Waals surface area contributed by atoms with E-state index in [9.17, 15) is 34.2 Å². The highest BCUT2D eigenvalue weighted by atomic mass is 32.1. The molecule has 1 aromatic carbocycles. The Labute approximate surface area is 207 Å². The first-order chi connectivity index (χ1) is 16.3. The lowest BCUT2D eigenvalue weighted by Crippen LogP contribution is -2.59. The van der Waals surface area contributed by atoms with Crippen LogP contribution in [0, 0.1) is 0 Å². The van der Waals surface area contributed by atoms with Crippen LogP contribution in [0.2, 0.25) is 0 Å². The number of phenolic OH excluding ortho intramolecular Hbond substituents is 1. The molecule has 0 aliphatic carbocycles. The summed E-state index contributed by atoms with van der Waals surface area (Å²) in [6.45, 7) is 1.18. The maximum Gasteiger partial charge on any atom is 0.328 e. The summed E-state index contributed by atoms with van der Waals surface area (Å²) in [5.41, 5.74) is 11.4. The molecule has 0 fully saturated rings. The van der Waals surface area contributed by atoms with Gasteiger partial charge in [-0.1, -0.05) is 12.1 Å². The first kappa shape index (κ1) is 29.7. The second-order valence-corrected chi connectivity index (χ2v) is 8.22. The van der Waals surface area contributed by atoms with Crippen LogP contribution < -0.4 is 27.4 Å². The van der Waals surface area contributed by atoms with Crippen LogP contribution >= 0.6 is 12.6 Å². The van der Waals surface area contributed by atoms with Gasteiger partial charge in [0.25, 0.3) is 0 Å². The predicted octanol–water partition coefficient (Wildman–Crippen LogP) is -2.62. The summed E-state index contributed by atoms with van der Waals surface area (Å²) < 4.78 is 0. The Hall–Kier alpha value is -3.36. The van der Waals surface area contributed by atoms with Crippen molar-refractivity contribution in [1.29, 1.82) is 0 Å². The van der Waals surface area contributed by atoms with Crippen LogP contribution in [0.1, 0.15) is 25.3 Å². The quantitative estimate of drug-likeness (QED) is 0.118. The van der Waals surface area contributed by atoms with Crippen LogP contribution in [-0.2, 0) is 30.4 Å². The van der Waals surface area contributed by atoms with Crippen molar-refractivity contribution in [3.63, 3.8) is 0 Å². The van der Waals surface area contributed by atoms with Crippen molar-refractivity contribution in [3.8, 4) is 5.75 Å². The lowest BCUT2D eigenvalue weighted by Gasteiger charge is -2.25. The summed E-state index contributed by atoms with van der Waals surface area (Å²) in [5, 5.41) is 35.2. The molecule has 10 N–H and O–H groups in total. The second kappa shape index (κ2) is 14.1. The lowest BCUT2D eigenvalue weighted by atomic mass is 10.0. The third-order valence-corrected chi connectivity index (χ3v) is 5.27. The molecule has 14 heteroatoms. The number of carboxylic acids is 1. The Morgan fingerprint density at radius 1 is 0.971 bits per heavy atom. The number of aliphatic hydroxyl groups excluding tert-OH is 1. The van der Waals surface area contributed by atoms with E-state index < -0.39 is 59.9 Å². The van der Waals surface area contributed by atoms with Crippen LogP contribution in [0.3, 0.4) is 0 Å². The number of amides is 4. The van der Waals surface area contributed by atoms with Crippen LogP contribution in [0.5, 0.6) is 5.75 Å². The van der Waals surface area contributed by atoms with E-state index in [0.29, 0.717) is 5.56 Å². The third kappa shape index (κ3) is 10.2. The molecular formula is C21H31N5O8S. The zero-order chi connectivity index (χ0) is 26.7. The number of nitrogens with two attached hydrogens (primary N) is 2. The fourth-order valence-electron chi connectivity index (χ4n) is 2.89. The number of phenols is 1. The lowest BCUT2D eigenvalue weighted by molar-refractivity contribution is -0.145. The third-order valence-electron chi connectivity index (χ3n) is 4.91. The number of aromatic hydroxyl groups is 1. The Kier molecular flexibility index (Phi) is 12.0. The van der Waals surface area contributed by atoms with Crippen molar-refractivity contribution < 1.29 is 39.3 Å². The minimum Gasteiger partial charge on any atom is -0.508 e. The van der Waals surface area contributed by atoms with Crippen molar-refractivity contribution in [2.45, 2.75) is 56.5 Å². The van der Waals surface area contributed by atoms with Crippen LogP contribution in [0.15, 0.2) is 24.3 Å². The molecule has 1 aromatic rings. The Balaban J connectivity index is 3.02. The second-order valence-electron chi connectivity index (χ2n) is 7.85. The van der Waals surface area contributed by atoms with Gasteiger partial charge in [0.05, 0.1) is 12.1 Å². The molecule has 5 unspecified atom stereocenters. The normalized spacial score (nSPS) is 15.1. The molecule has 0 aliphatic heterocycles. The molecule has 0 spiro atoms. The van der Waals surface area contributed by atoms with E-state index in [0.717, 1.165) is 0 Å². The number of nitrogens with one attached hydrogen (secondary N) is 3. The molecule has 0 aliphatic rings. The van der Waals surface area contributed by atoms with Gasteiger partial charge in [-0.05, 0) is 31.0 Å². The largest absolute Gasteiger partial charge is 0.508 e. The van der Waals surface area contributed by atoms with Crippen molar-refractivity contribution in [1.82, 2.24) is 16.0 Å². The van der Waals surface area contributed by atoms with Gasteiger partial charge in [-0.2, -0.15) is 12.6 Å². The van der Waals surface area contributed by atoms with E-state index in [1.807, 2.05) is 0 Å².